The molecule has 0 radical (unpaired) electrons. The minimum atomic E-state index is -4.31. The van der Waals surface area contributed by atoms with Gasteiger partial charge in [-0.2, -0.15) is 0 Å². The summed E-state index contributed by atoms with van der Waals surface area (Å²) in [6.07, 6.45) is 7.31. The zero-order chi connectivity index (χ0) is 18.3. The first-order chi connectivity index (χ1) is 11.3. The molecule has 3 nitrogen and oxygen atoms in total. The third-order valence-corrected chi connectivity index (χ3v) is 18.8. The van der Waals surface area contributed by atoms with Gasteiger partial charge in [-0.1, -0.05) is 0 Å². The zero-order valence-electron chi connectivity index (χ0n) is 16.0. The van der Waals surface area contributed by atoms with Crippen molar-refractivity contribution in [1.82, 2.24) is 9.78 Å². The van der Waals surface area contributed by atoms with Crippen molar-refractivity contribution in [3.63, 3.8) is 0 Å². The Bertz CT molecular complexity index is 426. The van der Waals surface area contributed by atoms with E-state index in [0.717, 1.165) is 22.5 Å². The third-order valence-electron chi connectivity index (χ3n) is 4.88. The molecule has 1 rings (SSSR count). The van der Waals surface area contributed by atoms with Gasteiger partial charge in [-0.05, 0) is 0 Å². The third kappa shape index (κ3) is 6.12. The zero-order valence-corrected chi connectivity index (χ0v) is 20.9. The molecule has 140 valence electrons. The fourth-order valence-electron chi connectivity index (χ4n) is 2.90. The quantitative estimate of drug-likeness (QED) is 0.390. The molecule has 0 aromatic heterocycles. The fraction of sp³-hybridized carbons (Fsp3) is 0.765. The van der Waals surface area contributed by atoms with E-state index in [1.165, 1.54) is 0 Å². The van der Waals surface area contributed by atoms with Crippen LogP contribution in [-0.2, 0) is 21.1 Å². The van der Waals surface area contributed by atoms with Gasteiger partial charge in [0.05, 0.1) is 0 Å². The van der Waals surface area contributed by atoms with Gasteiger partial charge in [0, 0.05) is 0 Å². The molecular formula is C17H35F2GeN3Zr. The van der Waals surface area contributed by atoms with Crippen LogP contribution in [0.15, 0.2) is 19.8 Å². The van der Waals surface area contributed by atoms with Gasteiger partial charge in [0.25, 0.3) is 0 Å². The van der Waals surface area contributed by atoms with Crippen LogP contribution in [0.4, 0.5) is 7.00 Å². The number of rotatable bonds is 11. The number of hydrogen-bond acceptors (Lipinski definition) is 3. The second kappa shape index (κ2) is 10.7. The van der Waals surface area contributed by atoms with Crippen molar-refractivity contribution in [1.29, 1.82) is 0 Å². The Labute approximate surface area is 157 Å². The van der Waals surface area contributed by atoms with E-state index >= 15 is 0 Å². The van der Waals surface area contributed by atoms with Gasteiger partial charge < -0.3 is 0 Å². The molecule has 0 saturated heterocycles. The normalized spacial score (nSPS) is 21.2. The van der Waals surface area contributed by atoms with Gasteiger partial charge in [0.2, 0.25) is 0 Å². The van der Waals surface area contributed by atoms with E-state index in [9.17, 15) is 7.00 Å². The molecule has 0 aromatic carbocycles. The molecule has 24 heavy (non-hydrogen) atoms. The first kappa shape index (κ1) is 22.7. The van der Waals surface area contributed by atoms with Crippen LogP contribution in [0.2, 0.25) is 0 Å². The molecule has 3 unspecified atom stereocenters. The molecule has 0 spiro atoms. The molecular weight excluding hydrogens is 448 g/mol. The van der Waals surface area contributed by atoms with Crippen LogP contribution in [0.1, 0.15) is 67.2 Å². The first-order valence-corrected chi connectivity index (χ1v) is 17.3. The average Bonchev–Trinajstić information content (AvgIpc) is 3.04. The van der Waals surface area contributed by atoms with Crippen LogP contribution in [0.5, 0.6) is 0 Å². The SMILES string of the molecule is CCC(C)[NH][Zr]([NH]C(C)CC)([NH]C(C)CC)[C]1=[C]([GeH]([F])[F])C=CC1. The van der Waals surface area contributed by atoms with Crippen LogP contribution in [-0.4, -0.2) is 33.4 Å². The summed E-state index contributed by atoms with van der Waals surface area (Å²) in [5.41, 5.74) is 0. The Balaban J connectivity index is 3.35. The van der Waals surface area contributed by atoms with Crippen molar-refractivity contribution in [2.24, 2.45) is 0 Å². The summed E-state index contributed by atoms with van der Waals surface area (Å²) >= 11 is -7.86. The predicted octanol–water partition coefficient (Wildman–Crippen LogP) is 3.96. The molecule has 7 heteroatoms. The molecule has 1 aliphatic carbocycles. The second-order valence-electron chi connectivity index (χ2n) is 6.95. The second-order valence-corrected chi connectivity index (χ2v) is 16.8. The Hall–Kier alpha value is 0.646. The van der Waals surface area contributed by atoms with Crippen molar-refractivity contribution in [3.05, 3.63) is 19.8 Å². The molecule has 0 amide bonds. The Kier molecular flexibility index (Phi) is 10.1. The van der Waals surface area contributed by atoms with Crippen molar-refractivity contribution < 1.29 is 28.1 Å². The maximum atomic E-state index is 13.8. The van der Waals surface area contributed by atoms with E-state index < -0.39 is 36.4 Å². The number of nitrogens with one attached hydrogen (secondary N) is 3. The number of halogens is 2. The van der Waals surface area contributed by atoms with Crippen LogP contribution >= 0.6 is 0 Å². The summed E-state index contributed by atoms with van der Waals surface area (Å²) < 4.78 is 40.5. The maximum absolute atomic E-state index is 13.8. The predicted molar refractivity (Wildman–Crippen MR) is 98.8 cm³/mol. The standard InChI is InChI=1S/C5H5F2Ge.3C4H10N.Zr/c6-8(7)5-3-1-2-4-5;3*1-3-4(2)5;/h1,3,8H,2H2;3*4-5H,3H2,1-2H3;/q;3*-1;+3. The first-order valence-electron chi connectivity index (χ1n) is 9.30. The number of hydrogen-bond donors (Lipinski definition) is 3. The Morgan fingerprint density at radius 1 is 0.958 bits per heavy atom. The molecule has 0 fully saturated rings. The topological polar surface area (TPSA) is 36.1 Å². The van der Waals surface area contributed by atoms with E-state index in [0.29, 0.717) is 29.0 Å². The average molecular weight is 483 g/mol. The fourth-order valence-corrected chi connectivity index (χ4v) is 19.5. The van der Waals surface area contributed by atoms with Gasteiger partial charge >= 0.3 is 158 Å². The van der Waals surface area contributed by atoms with Gasteiger partial charge in [-0.15, -0.1) is 0 Å². The summed E-state index contributed by atoms with van der Waals surface area (Å²) in [4.78, 5) is 0. The summed E-state index contributed by atoms with van der Waals surface area (Å²) in [5.74, 6) is 0. The van der Waals surface area contributed by atoms with E-state index in [1.54, 1.807) is 6.08 Å². The Morgan fingerprint density at radius 3 is 1.71 bits per heavy atom. The summed E-state index contributed by atoms with van der Waals surface area (Å²) in [5, 5.41) is 0. The van der Waals surface area contributed by atoms with Gasteiger partial charge in [-0.3, -0.25) is 0 Å². The van der Waals surface area contributed by atoms with Crippen molar-refractivity contribution in [2.45, 2.75) is 85.4 Å². The van der Waals surface area contributed by atoms with Crippen molar-refractivity contribution >= 4 is 15.3 Å². The van der Waals surface area contributed by atoms with E-state index in [-0.39, 0.29) is 0 Å². The molecule has 3 atom stereocenters. The molecule has 3 N–H and O–H groups in total. The van der Waals surface area contributed by atoms with Gasteiger partial charge in [0.1, 0.15) is 0 Å². The summed E-state index contributed by atoms with van der Waals surface area (Å²) in [6.45, 7) is 12.9. The van der Waals surface area contributed by atoms with Gasteiger partial charge in [-0.25, -0.2) is 0 Å². The Morgan fingerprint density at radius 2 is 1.38 bits per heavy atom. The molecule has 1 aliphatic rings. The van der Waals surface area contributed by atoms with E-state index in [4.69, 9.17) is 0 Å². The molecule has 0 aromatic rings. The minimum absolute atomic E-state index is 0.313. The summed E-state index contributed by atoms with van der Waals surface area (Å²) in [6, 6.07) is 0.940. The monoisotopic (exact) mass is 483 g/mol. The summed E-state index contributed by atoms with van der Waals surface area (Å²) in [7, 11) is 0. The van der Waals surface area contributed by atoms with Crippen LogP contribution < -0.4 is 9.78 Å². The molecule has 0 saturated carbocycles. The van der Waals surface area contributed by atoms with Crippen molar-refractivity contribution in [2.75, 3.05) is 0 Å². The van der Waals surface area contributed by atoms with E-state index in [2.05, 4.69) is 51.3 Å². The van der Waals surface area contributed by atoms with Gasteiger partial charge in [0.15, 0.2) is 0 Å². The molecule has 0 aliphatic heterocycles. The number of allylic oxidation sites excluding steroid dienone is 4. The van der Waals surface area contributed by atoms with Crippen LogP contribution in [0, 0.1) is 0 Å². The molecule has 0 bridgehead atoms. The van der Waals surface area contributed by atoms with Crippen LogP contribution in [0.25, 0.3) is 0 Å². The van der Waals surface area contributed by atoms with Crippen LogP contribution in [0.3, 0.4) is 0 Å². The van der Waals surface area contributed by atoms with Crippen molar-refractivity contribution in [3.8, 4) is 0 Å². The van der Waals surface area contributed by atoms with E-state index in [1.807, 2.05) is 6.08 Å². The molecule has 0 heterocycles.